The van der Waals surface area contributed by atoms with Gasteiger partial charge < -0.3 is 19.1 Å². The van der Waals surface area contributed by atoms with Crippen LogP contribution in [0.15, 0.2) is 42.5 Å². The van der Waals surface area contributed by atoms with Crippen molar-refractivity contribution in [1.82, 2.24) is 0 Å². The number of hydrogen-bond donors (Lipinski definition) is 1. The van der Waals surface area contributed by atoms with Crippen LogP contribution in [0, 0.1) is 11.3 Å². The second-order valence-electron chi connectivity index (χ2n) is 7.76. The summed E-state index contributed by atoms with van der Waals surface area (Å²) in [6.07, 6.45) is -6.25. The number of amides is 1. The van der Waals surface area contributed by atoms with E-state index in [-0.39, 0.29) is 18.8 Å². The van der Waals surface area contributed by atoms with Crippen molar-refractivity contribution < 1.29 is 32.2 Å². The number of alkyl halides is 3. The number of nitrogens with zero attached hydrogens (tertiary/aromatic N) is 2. The van der Waals surface area contributed by atoms with Crippen molar-refractivity contribution in [3.63, 3.8) is 0 Å². The van der Waals surface area contributed by atoms with Gasteiger partial charge in [-0.15, -0.1) is 0 Å². The lowest BCUT2D eigenvalue weighted by Gasteiger charge is -2.23. The molecule has 3 rings (SSSR count). The fourth-order valence-corrected chi connectivity index (χ4v) is 3.40. The number of nitriles is 1. The van der Waals surface area contributed by atoms with E-state index in [9.17, 15) is 18.0 Å². The van der Waals surface area contributed by atoms with Gasteiger partial charge in [-0.3, -0.25) is 5.32 Å². The van der Waals surface area contributed by atoms with Gasteiger partial charge in [-0.25, -0.2) is 4.79 Å². The Morgan fingerprint density at radius 3 is 2.58 bits per heavy atom. The lowest BCUT2D eigenvalue weighted by atomic mass is 10.1. The summed E-state index contributed by atoms with van der Waals surface area (Å²) >= 11 is 0. The van der Waals surface area contributed by atoms with Gasteiger partial charge in [0.1, 0.15) is 24.7 Å². The molecule has 1 aliphatic heterocycles. The molecule has 1 fully saturated rings. The van der Waals surface area contributed by atoms with E-state index in [4.69, 9.17) is 19.5 Å². The summed E-state index contributed by atoms with van der Waals surface area (Å²) in [6.45, 7) is 5.75. The van der Waals surface area contributed by atoms with Gasteiger partial charge in [-0.1, -0.05) is 0 Å². The van der Waals surface area contributed by atoms with Gasteiger partial charge in [0.25, 0.3) is 0 Å². The van der Waals surface area contributed by atoms with Crippen LogP contribution < -0.4 is 15.0 Å². The molecule has 1 amide bonds. The molecular formula is C23H24F3N3O4. The summed E-state index contributed by atoms with van der Waals surface area (Å²) in [6, 6.07) is 11.9. The molecule has 0 radical (unpaired) electrons. The average molecular weight is 463 g/mol. The highest BCUT2D eigenvalue weighted by Crippen LogP contribution is 2.36. The SMILES string of the molecule is CC(C)OC(=O)Nc1ccc(OC[C@@H]2CN(c3ccc(C#N)c(C(F)(F)F)c3)[C@@H](C)O2)cc1. The van der Waals surface area contributed by atoms with E-state index in [0.29, 0.717) is 23.7 Å². The number of rotatable bonds is 6. The molecule has 0 unspecified atom stereocenters. The molecule has 2 aromatic carbocycles. The molecule has 1 saturated heterocycles. The zero-order chi connectivity index (χ0) is 24.2. The second kappa shape index (κ2) is 10.0. The number of carbonyl (C=O) groups excluding carboxylic acids is 1. The number of ether oxygens (including phenoxy) is 3. The highest BCUT2D eigenvalue weighted by Gasteiger charge is 2.36. The number of anilines is 2. The van der Waals surface area contributed by atoms with E-state index in [0.717, 1.165) is 6.07 Å². The van der Waals surface area contributed by atoms with E-state index < -0.39 is 29.6 Å². The highest BCUT2D eigenvalue weighted by molar-refractivity contribution is 5.84. The molecule has 0 aliphatic carbocycles. The van der Waals surface area contributed by atoms with Crippen molar-refractivity contribution in [2.24, 2.45) is 0 Å². The van der Waals surface area contributed by atoms with Gasteiger partial charge in [0.15, 0.2) is 0 Å². The van der Waals surface area contributed by atoms with Gasteiger partial charge in [0.05, 0.1) is 29.8 Å². The molecule has 2 aromatic rings. The Hall–Kier alpha value is -3.45. The molecule has 0 aromatic heterocycles. The Balaban J connectivity index is 1.59. The van der Waals surface area contributed by atoms with E-state index >= 15 is 0 Å². The van der Waals surface area contributed by atoms with Crippen LogP contribution in [0.3, 0.4) is 0 Å². The minimum absolute atomic E-state index is 0.186. The fraction of sp³-hybridized carbons (Fsp3) is 0.391. The summed E-state index contributed by atoms with van der Waals surface area (Å²) < 4.78 is 56.4. The largest absolute Gasteiger partial charge is 0.491 e. The number of hydrogen-bond acceptors (Lipinski definition) is 6. The summed E-state index contributed by atoms with van der Waals surface area (Å²) in [5, 5.41) is 11.6. The monoisotopic (exact) mass is 463 g/mol. The summed E-state index contributed by atoms with van der Waals surface area (Å²) in [5.41, 5.74) is -0.527. The zero-order valence-corrected chi connectivity index (χ0v) is 18.3. The number of carbonyl (C=O) groups is 1. The molecule has 2 atom stereocenters. The maximum absolute atomic E-state index is 13.3. The van der Waals surface area contributed by atoms with Crippen molar-refractivity contribution in [3.8, 4) is 11.8 Å². The topological polar surface area (TPSA) is 83.8 Å². The van der Waals surface area contributed by atoms with Crippen LogP contribution >= 0.6 is 0 Å². The molecule has 33 heavy (non-hydrogen) atoms. The smallest absolute Gasteiger partial charge is 0.417 e. The van der Waals surface area contributed by atoms with Gasteiger partial charge >= 0.3 is 12.3 Å². The van der Waals surface area contributed by atoms with Crippen LogP contribution in [0.1, 0.15) is 31.9 Å². The van der Waals surface area contributed by atoms with Crippen LogP contribution in [-0.2, 0) is 15.7 Å². The van der Waals surface area contributed by atoms with Gasteiger partial charge in [0.2, 0.25) is 0 Å². The lowest BCUT2D eigenvalue weighted by molar-refractivity contribution is -0.137. The standard InChI is InChI=1S/C23H24F3N3O4/c1-14(2)32-22(30)28-17-5-8-19(9-6-17)31-13-20-12-29(15(3)33-20)18-7-4-16(11-27)21(10-18)23(24,25)26/h4-10,14-15,20H,12-13H2,1-3H3,(H,28,30)/t15-,20+/m1/s1. The third kappa shape index (κ3) is 6.29. The Morgan fingerprint density at radius 2 is 1.97 bits per heavy atom. The minimum Gasteiger partial charge on any atom is -0.491 e. The summed E-state index contributed by atoms with van der Waals surface area (Å²) in [4.78, 5) is 13.3. The minimum atomic E-state index is -4.63. The predicted molar refractivity (Wildman–Crippen MR) is 115 cm³/mol. The van der Waals surface area contributed by atoms with Crippen LogP contribution in [0.25, 0.3) is 0 Å². The first-order chi connectivity index (χ1) is 15.6. The van der Waals surface area contributed by atoms with Crippen LogP contribution in [0.2, 0.25) is 0 Å². The molecule has 1 N–H and O–H groups in total. The second-order valence-corrected chi connectivity index (χ2v) is 7.76. The number of halogens is 3. The highest BCUT2D eigenvalue weighted by atomic mass is 19.4. The quantitative estimate of drug-likeness (QED) is 0.637. The molecule has 10 heteroatoms. The average Bonchev–Trinajstić information content (AvgIpc) is 3.12. The molecule has 7 nitrogen and oxygen atoms in total. The molecule has 0 saturated carbocycles. The molecule has 1 aliphatic rings. The first-order valence-electron chi connectivity index (χ1n) is 10.3. The molecule has 0 bridgehead atoms. The third-order valence-electron chi connectivity index (χ3n) is 4.87. The van der Waals surface area contributed by atoms with Crippen molar-refractivity contribution in [3.05, 3.63) is 53.6 Å². The van der Waals surface area contributed by atoms with Crippen molar-refractivity contribution >= 4 is 17.5 Å². The van der Waals surface area contributed by atoms with Gasteiger partial charge in [0, 0.05) is 11.4 Å². The molecule has 1 heterocycles. The molecular weight excluding hydrogens is 439 g/mol. The predicted octanol–water partition coefficient (Wildman–Crippen LogP) is 5.16. The first-order valence-corrected chi connectivity index (χ1v) is 10.3. The van der Waals surface area contributed by atoms with Crippen molar-refractivity contribution in [1.29, 1.82) is 5.26 Å². The Bertz CT molecular complexity index is 1020. The van der Waals surface area contributed by atoms with Gasteiger partial charge in [-0.05, 0) is 63.2 Å². The molecule has 0 spiro atoms. The van der Waals surface area contributed by atoms with E-state index in [1.807, 2.05) is 0 Å². The van der Waals surface area contributed by atoms with Gasteiger partial charge in [-0.2, -0.15) is 18.4 Å². The zero-order valence-electron chi connectivity index (χ0n) is 18.3. The maximum atomic E-state index is 13.3. The first kappa shape index (κ1) is 24.2. The van der Waals surface area contributed by atoms with E-state index in [1.165, 1.54) is 12.1 Å². The summed E-state index contributed by atoms with van der Waals surface area (Å²) in [5.74, 6) is 0.546. The Morgan fingerprint density at radius 1 is 1.27 bits per heavy atom. The van der Waals surface area contributed by atoms with Crippen LogP contribution in [0.4, 0.5) is 29.3 Å². The van der Waals surface area contributed by atoms with Crippen LogP contribution in [0.5, 0.6) is 5.75 Å². The fourth-order valence-electron chi connectivity index (χ4n) is 3.40. The summed E-state index contributed by atoms with van der Waals surface area (Å²) in [7, 11) is 0. The molecule has 176 valence electrons. The van der Waals surface area contributed by atoms with Crippen molar-refractivity contribution in [2.45, 2.75) is 45.4 Å². The third-order valence-corrected chi connectivity index (χ3v) is 4.87. The maximum Gasteiger partial charge on any atom is 0.417 e. The van der Waals surface area contributed by atoms with E-state index in [2.05, 4.69) is 5.32 Å². The normalized spacial score (nSPS) is 18.2. The lowest BCUT2D eigenvalue weighted by Crippen LogP contribution is -2.28. The number of nitrogens with one attached hydrogen (secondary N) is 1. The van der Waals surface area contributed by atoms with Crippen molar-refractivity contribution in [2.75, 3.05) is 23.4 Å². The number of benzene rings is 2. The van der Waals surface area contributed by atoms with E-state index in [1.54, 1.807) is 56.0 Å². The Kier molecular flexibility index (Phi) is 7.33. The Labute approximate surface area is 189 Å². The van der Waals surface area contributed by atoms with Crippen LogP contribution in [-0.4, -0.2) is 37.7 Å².